The Morgan fingerprint density at radius 3 is 2.76 bits per heavy atom. The van der Waals surface area contributed by atoms with Crippen molar-refractivity contribution in [3.05, 3.63) is 29.3 Å². The molecule has 0 saturated carbocycles. The molecule has 17 heavy (non-hydrogen) atoms. The largest absolute Gasteiger partial charge is 0.465 e. The summed E-state index contributed by atoms with van der Waals surface area (Å²) >= 11 is 0. The van der Waals surface area contributed by atoms with E-state index in [4.69, 9.17) is 5.26 Å². The molecule has 1 aromatic carbocycles. The van der Waals surface area contributed by atoms with Crippen LogP contribution >= 0.6 is 0 Å². The van der Waals surface area contributed by atoms with Gasteiger partial charge in [-0.15, -0.1) is 0 Å². The van der Waals surface area contributed by atoms with Crippen molar-refractivity contribution in [2.45, 2.75) is 13.3 Å². The minimum absolute atomic E-state index is 0.255. The number of benzene rings is 1. The lowest BCUT2D eigenvalue weighted by atomic mass is 10.1. The van der Waals surface area contributed by atoms with Crippen molar-refractivity contribution in [1.82, 2.24) is 0 Å². The predicted molar refractivity (Wildman–Crippen MR) is 61.4 cm³/mol. The van der Waals surface area contributed by atoms with Crippen molar-refractivity contribution < 1.29 is 14.3 Å². The molecule has 0 heterocycles. The van der Waals surface area contributed by atoms with Gasteiger partial charge in [0.15, 0.2) is 0 Å². The van der Waals surface area contributed by atoms with Crippen molar-refractivity contribution in [3.63, 3.8) is 0 Å². The molecular weight excluding hydrogens is 220 g/mol. The summed E-state index contributed by atoms with van der Waals surface area (Å²) in [5.74, 6) is -0.984. The Bertz CT molecular complexity index is 489. The van der Waals surface area contributed by atoms with Gasteiger partial charge in [-0.3, -0.25) is 4.79 Å². The molecule has 5 heteroatoms. The molecule has 0 aliphatic heterocycles. The second-order valence-corrected chi connectivity index (χ2v) is 3.42. The quantitative estimate of drug-likeness (QED) is 0.803. The molecule has 5 nitrogen and oxygen atoms in total. The summed E-state index contributed by atoms with van der Waals surface area (Å²) in [6, 6.07) is 6.72. The molecule has 0 aliphatic carbocycles. The summed E-state index contributed by atoms with van der Waals surface area (Å²) < 4.78 is 4.62. The van der Waals surface area contributed by atoms with Gasteiger partial charge in [0.05, 0.1) is 24.4 Å². The number of esters is 1. The van der Waals surface area contributed by atoms with Gasteiger partial charge in [0, 0.05) is 0 Å². The fourth-order valence-electron chi connectivity index (χ4n) is 1.31. The smallest absolute Gasteiger partial charge is 0.339 e. The highest BCUT2D eigenvalue weighted by Gasteiger charge is 2.13. The van der Waals surface area contributed by atoms with Gasteiger partial charge in [-0.05, 0) is 19.1 Å². The Morgan fingerprint density at radius 1 is 1.47 bits per heavy atom. The molecule has 0 unspecified atom stereocenters. The molecule has 0 atom stereocenters. The topological polar surface area (TPSA) is 79.2 Å². The molecule has 1 aromatic rings. The van der Waals surface area contributed by atoms with Crippen LogP contribution in [0.3, 0.4) is 0 Å². The molecule has 1 N–H and O–H groups in total. The molecule has 0 radical (unpaired) electrons. The molecule has 0 saturated heterocycles. The van der Waals surface area contributed by atoms with Crippen molar-refractivity contribution in [3.8, 4) is 6.07 Å². The summed E-state index contributed by atoms with van der Waals surface area (Å²) in [4.78, 5) is 22.8. The standard InChI is InChI=1S/C12H12N2O3/c1-8-3-4-10(14-11(15)5-6-13)9(7-8)12(16)17-2/h3-4,7H,5H2,1-2H3,(H,14,15). The van der Waals surface area contributed by atoms with E-state index in [-0.39, 0.29) is 12.0 Å². The van der Waals surface area contributed by atoms with E-state index in [1.165, 1.54) is 7.11 Å². The van der Waals surface area contributed by atoms with Crippen molar-refractivity contribution in [2.24, 2.45) is 0 Å². The number of anilines is 1. The van der Waals surface area contributed by atoms with E-state index in [0.29, 0.717) is 5.69 Å². The van der Waals surface area contributed by atoms with Crippen LogP contribution in [0.5, 0.6) is 0 Å². The van der Waals surface area contributed by atoms with Gasteiger partial charge < -0.3 is 10.1 Å². The predicted octanol–water partition coefficient (Wildman–Crippen LogP) is 1.63. The maximum Gasteiger partial charge on any atom is 0.339 e. The Morgan fingerprint density at radius 2 is 2.18 bits per heavy atom. The highest BCUT2D eigenvalue weighted by molar-refractivity contribution is 6.01. The normalized spacial score (nSPS) is 9.24. The number of aryl methyl sites for hydroxylation is 1. The first-order valence-corrected chi connectivity index (χ1v) is 4.94. The third-order valence-electron chi connectivity index (χ3n) is 2.09. The van der Waals surface area contributed by atoms with E-state index < -0.39 is 11.9 Å². The molecule has 1 amide bonds. The summed E-state index contributed by atoms with van der Waals surface area (Å²) in [5.41, 5.74) is 1.50. The number of nitrogens with zero attached hydrogens (tertiary/aromatic N) is 1. The lowest BCUT2D eigenvalue weighted by Gasteiger charge is -2.09. The van der Waals surface area contributed by atoms with Crippen LogP contribution in [0.2, 0.25) is 0 Å². The lowest BCUT2D eigenvalue weighted by molar-refractivity contribution is -0.115. The Labute approximate surface area is 99.0 Å². The van der Waals surface area contributed by atoms with Gasteiger partial charge in [-0.1, -0.05) is 11.6 Å². The number of nitriles is 1. The van der Waals surface area contributed by atoms with Crippen LogP contribution in [0, 0.1) is 18.3 Å². The third-order valence-corrected chi connectivity index (χ3v) is 2.09. The Kier molecular flexibility index (Phi) is 4.23. The average Bonchev–Trinajstić information content (AvgIpc) is 2.30. The van der Waals surface area contributed by atoms with E-state index in [0.717, 1.165) is 5.56 Å². The molecule has 0 spiro atoms. The number of carbonyl (C=O) groups is 2. The second kappa shape index (κ2) is 5.66. The number of hydrogen-bond donors (Lipinski definition) is 1. The Balaban J connectivity index is 3.03. The maximum absolute atomic E-state index is 11.5. The zero-order chi connectivity index (χ0) is 12.8. The van der Waals surface area contributed by atoms with Crippen LogP contribution < -0.4 is 5.32 Å². The first kappa shape index (κ1) is 12.7. The van der Waals surface area contributed by atoms with Crippen molar-refractivity contribution in [2.75, 3.05) is 12.4 Å². The van der Waals surface area contributed by atoms with E-state index in [1.54, 1.807) is 24.3 Å². The van der Waals surface area contributed by atoms with E-state index in [9.17, 15) is 9.59 Å². The fraction of sp³-hybridized carbons (Fsp3) is 0.250. The summed E-state index contributed by atoms with van der Waals surface area (Å²) in [7, 11) is 1.27. The third kappa shape index (κ3) is 3.31. The van der Waals surface area contributed by atoms with E-state index in [2.05, 4.69) is 10.1 Å². The number of rotatable bonds is 3. The molecule has 0 aliphatic rings. The van der Waals surface area contributed by atoms with Crippen molar-refractivity contribution in [1.29, 1.82) is 5.26 Å². The molecule has 88 valence electrons. The average molecular weight is 232 g/mol. The monoisotopic (exact) mass is 232 g/mol. The van der Waals surface area contributed by atoms with E-state index >= 15 is 0 Å². The van der Waals surface area contributed by atoms with Gasteiger partial charge in [0.1, 0.15) is 6.42 Å². The molecule has 0 bridgehead atoms. The van der Waals surface area contributed by atoms with Crippen LogP contribution in [0.15, 0.2) is 18.2 Å². The fourth-order valence-corrected chi connectivity index (χ4v) is 1.31. The lowest BCUT2D eigenvalue weighted by Crippen LogP contribution is -2.14. The van der Waals surface area contributed by atoms with Crippen LogP contribution in [0.4, 0.5) is 5.69 Å². The van der Waals surface area contributed by atoms with Gasteiger partial charge in [0.25, 0.3) is 0 Å². The highest BCUT2D eigenvalue weighted by atomic mass is 16.5. The molecule has 1 rings (SSSR count). The maximum atomic E-state index is 11.5. The number of ether oxygens (including phenoxy) is 1. The molecule has 0 fully saturated rings. The number of hydrogen-bond acceptors (Lipinski definition) is 4. The molecular formula is C12H12N2O3. The van der Waals surface area contributed by atoms with Crippen LogP contribution in [0.1, 0.15) is 22.3 Å². The van der Waals surface area contributed by atoms with Crippen molar-refractivity contribution >= 4 is 17.6 Å². The highest BCUT2D eigenvalue weighted by Crippen LogP contribution is 2.18. The summed E-state index contributed by atoms with van der Waals surface area (Å²) in [5, 5.41) is 10.9. The minimum atomic E-state index is -0.527. The first-order valence-electron chi connectivity index (χ1n) is 4.94. The zero-order valence-corrected chi connectivity index (χ0v) is 9.61. The van der Waals surface area contributed by atoms with Crippen LogP contribution in [0.25, 0.3) is 0 Å². The summed E-state index contributed by atoms with van der Waals surface area (Å²) in [6.45, 7) is 1.83. The van der Waals surface area contributed by atoms with E-state index in [1.807, 2.05) is 6.92 Å². The number of amides is 1. The first-order chi connectivity index (χ1) is 8.08. The number of methoxy groups -OCH3 is 1. The second-order valence-electron chi connectivity index (χ2n) is 3.42. The van der Waals surface area contributed by atoms with Gasteiger partial charge >= 0.3 is 5.97 Å². The number of nitrogens with one attached hydrogen (secondary N) is 1. The van der Waals surface area contributed by atoms with Gasteiger partial charge in [-0.25, -0.2) is 4.79 Å². The van der Waals surface area contributed by atoms with Gasteiger partial charge in [-0.2, -0.15) is 5.26 Å². The van der Waals surface area contributed by atoms with Crippen LogP contribution in [-0.2, 0) is 9.53 Å². The summed E-state index contributed by atoms with van der Waals surface area (Å²) in [6.07, 6.45) is -0.255. The van der Waals surface area contributed by atoms with Crippen LogP contribution in [-0.4, -0.2) is 19.0 Å². The molecule has 0 aromatic heterocycles. The SMILES string of the molecule is COC(=O)c1cc(C)ccc1NC(=O)CC#N. The van der Waals surface area contributed by atoms with Gasteiger partial charge in [0.2, 0.25) is 5.91 Å². The zero-order valence-electron chi connectivity index (χ0n) is 9.61. The Hall–Kier alpha value is -2.35. The minimum Gasteiger partial charge on any atom is -0.465 e. The number of carbonyl (C=O) groups excluding carboxylic acids is 2.